The highest BCUT2D eigenvalue weighted by Crippen LogP contribution is 2.08. The Kier molecular flexibility index (Phi) is 7.74. The van der Waals surface area contributed by atoms with Crippen molar-refractivity contribution in [3.8, 4) is 0 Å². The molecule has 1 amide bonds. The van der Waals surface area contributed by atoms with Gasteiger partial charge in [-0.1, -0.05) is 18.2 Å². The highest BCUT2D eigenvalue weighted by Gasteiger charge is 1.96. The van der Waals surface area contributed by atoms with Crippen LogP contribution in [0.3, 0.4) is 0 Å². The number of hydrogen-bond acceptors (Lipinski definition) is 2. The normalized spacial score (nSPS) is 10.9. The van der Waals surface area contributed by atoms with Crippen LogP contribution < -0.4 is 5.32 Å². The van der Waals surface area contributed by atoms with Crippen LogP contribution in [0.2, 0.25) is 0 Å². The summed E-state index contributed by atoms with van der Waals surface area (Å²) in [5.41, 5.74) is 1.38. The molecular formula is C15H21IN2O. The third kappa shape index (κ3) is 7.32. The van der Waals surface area contributed by atoms with Gasteiger partial charge in [-0.3, -0.25) is 4.79 Å². The zero-order valence-corrected chi connectivity index (χ0v) is 13.7. The van der Waals surface area contributed by atoms with Gasteiger partial charge in [0.25, 0.3) is 0 Å². The number of carbonyl (C=O) groups is 1. The quantitative estimate of drug-likeness (QED) is 0.453. The van der Waals surface area contributed by atoms with E-state index in [0.717, 1.165) is 25.9 Å². The van der Waals surface area contributed by atoms with Crippen LogP contribution in [0.4, 0.5) is 0 Å². The Morgan fingerprint density at radius 2 is 2.00 bits per heavy atom. The van der Waals surface area contributed by atoms with Gasteiger partial charge in [0, 0.05) is 30.3 Å². The molecule has 0 radical (unpaired) electrons. The maximum Gasteiger partial charge on any atom is 0.245 e. The molecule has 0 aromatic heterocycles. The van der Waals surface area contributed by atoms with Crippen LogP contribution >= 0.6 is 22.6 Å². The smallest absolute Gasteiger partial charge is 0.245 e. The molecule has 0 aliphatic carbocycles. The molecule has 104 valence electrons. The van der Waals surface area contributed by atoms with Crippen LogP contribution in [0.1, 0.15) is 12.0 Å². The highest BCUT2D eigenvalue weighted by atomic mass is 127. The summed E-state index contributed by atoms with van der Waals surface area (Å²) < 4.78 is 1.27. The van der Waals surface area contributed by atoms with Crippen molar-refractivity contribution in [3.05, 3.63) is 45.6 Å². The lowest BCUT2D eigenvalue weighted by molar-refractivity contribution is -0.123. The van der Waals surface area contributed by atoms with Gasteiger partial charge in [0.2, 0.25) is 5.91 Å². The molecule has 4 heteroatoms. The number of aryl methyl sites for hydroxylation is 1. The summed E-state index contributed by atoms with van der Waals surface area (Å²) in [5.74, 6) is 0.0284. The molecule has 0 atom stereocenters. The number of carbonyl (C=O) groups excluding carboxylic acids is 1. The second-order valence-corrected chi connectivity index (χ2v) is 5.81. The van der Waals surface area contributed by atoms with Gasteiger partial charge in [-0.25, -0.2) is 0 Å². The summed E-state index contributed by atoms with van der Waals surface area (Å²) in [5, 5.41) is 3.30. The second-order valence-electron chi connectivity index (χ2n) is 4.57. The van der Waals surface area contributed by atoms with E-state index < -0.39 is 0 Å². The van der Waals surface area contributed by atoms with Gasteiger partial charge < -0.3 is 10.2 Å². The Labute approximate surface area is 129 Å². The van der Waals surface area contributed by atoms with Gasteiger partial charge in [-0.2, -0.15) is 0 Å². The molecule has 1 N–H and O–H groups in total. The third-order valence-corrected chi connectivity index (χ3v) is 3.41. The van der Waals surface area contributed by atoms with Gasteiger partial charge >= 0.3 is 0 Å². The standard InChI is InChI=1S/C15H21IN2O/c1-18(2)15(19)6-4-12-17-11-3-5-13-7-9-14(16)10-8-13/h4,6-10,17H,3,5,11-12H2,1-2H3/b6-4+. The van der Waals surface area contributed by atoms with E-state index >= 15 is 0 Å². The number of hydrogen-bond donors (Lipinski definition) is 1. The topological polar surface area (TPSA) is 32.3 Å². The fourth-order valence-electron chi connectivity index (χ4n) is 1.56. The molecule has 0 saturated carbocycles. The SMILES string of the molecule is CN(C)C(=O)/C=C/CNCCCc1ccc(I)cc1. The van der Waals surface area contributed by atoms with Crippen molar-refractivity contribution in [1.82, 2.24) is 10.2 Å². The predicted molar refractivity (Wildman–Crippen MR) is 88.2 cm³/mol. The lowest BCUT2D eigenvalue weighted by Crippen LogP contribution is -2.20. The Bertz CT molecular complexity index is 413. The molecule has 0 saturated heterocycles. The minimum atomic E-state index is 0.0284. The minimum absolute atomic E-state index is 0.0284. The van der Waals surface area contributed by atoms with Gasteiger partial charge in [0.05, 0.1) is 0 Å². The molecule has 1 aromatic rings. The Morgan fingerprint density at radius 3 is 2.63 bits per heavy atom. The molecule has 0 heterocycles. The number of rotatable bonds is 7. The van der Waals surface area contributed by atoms with Crippen molar-refractivity contribution in [3.63, 3.8) is 0 Å². The Hall–Kier alpha value is -0.880. The van der Waals surface area contributed by atoms with E-state index in [1.54, 1.807) is 25.1 Å². The monoisotopic (exact) mass is 372 g/mol. The Morgan fingerprint density at radius 1 is 1.32 bits per heavy atom. The van der Waals surface area contributed by atoms with Crippen LogP contribution in [0.5, 0.6) is 0 Å². The van der Waals surface area contributed by atoms with Gasteiger partial charge in [0.1, 0.15) is 0 Å². The van der Waals surface area contributed by atoms with Crippen molar-refractivity contribution in [2.45, 2.75) is 12.8 Å². The molecule has 19 heavy (non-hydrogen) atoms. The first kappa shape index (κ1) is 16.2. The van der Waals surface area contributed by atoms with Gasteiger partial charge in [-0.05, 0) is 59.7 Å². The molecule has 0 unspecified atom stereocenters. The van der Waals surface area contributed by atoms with Crippen molar-refractivity contribution >= 4 is 28.5 Å². The third-order valence-electron chi connectivity index (χ3n) is 2.70. The highest BCUT2D eigenvalue weighted by molar-refractivity contribution is 14.1. The fourth-order valence-corrected chi connectivity index (χ4v) is 1.92. The zero-order chi connectivity index (χ0) is 14.1. The maximum absolute atomic E-state index is 11.3. The molecule has 0 bridgehead atoms. The first-order chi connectivity index (χ1) is 9.09. The van der Waals surface area contributed by atoms with Gasteiger partial charge in [-0.15, -0.1) is 0 Å². The molecule has 0 aliphatic heterocycles. The number of amides is 1. The molecule has 0 fully saturated rings. The molecule has 0 aliphatic rings. The van der Waals surface area contributed by atoms with E-state index in [1.807, 2.05) is 6.08 Å². The van der Waals surface area contributed by atoms with Crippen LogP contribution in [-0.2, 0) is 11.2 Å². The van der Waals surface area contributed by atoms with Crippen LogP contribution in [0.15, 0.2) is 36.4 Å². The number of halogens is 1. The fraction of sp³-hybridized carbons (Fsp3) is 0.400. The number of nitrogens with one attached hydrogen (secondary N) is 1. The lowest BCUT2D eigenvalue weighted by atomic mass is 10.1. The van der Waals surface area contributed by atoms with E-state index in [-0.39, 0.29) is 5.91 Å². The van der Waals surface area contributed by atoms with Crippen molar-refractivity contribution in [2.75, 3.05) is 27.2 Å². The summed E-state index contributed by atoms with van der Waals surface area (Å²) in [7, 11) is 3.50. The summed E-state index contributed by atoms with van der Waals surface area (Å²) >= 11 is 2.32. The first-order valence-electron chi connectivity index (χ1n) is 6.42. The largest absolute Gasteiger partial charge is 0.345 e. The van der Waals surface area contributed by atoms with Gasteiger partial charge in [0.15, 0.2) is 0 Å². The average Bonchev–Trinajstić information content (AvgIpc) is 2.39. The minimum Gasteiger partial charge on any atom is -0.345 e. The molecular weight excluding hydrogens is 351 g/mol. The zero-order valence-electron chi connectivity index (χ0n) is 11.5. The molecule has 1 aromatic carbocycles. The van der Waals surface area contributed by atoms with E-state index in [0.29, 0.717) is 0 Å². The Balaban J connectivity index is 2.08. The summed E-state index contributed by atoms with van der Waals surface area (Å²) in [6.45, 7) is 1.71. The first-order valence-corrected chi connectivity index (χ1v) is 7.50. The number of likely N-dealkylation sites (N-methyl/N-ethyl adjacent to an activating group) is 1. The van der Waals surface area contributed by atoms with E-state index in [4.69, 9.17) is 0 Å². The average molecular weight is 372 g/mol. The van der Waals surface area contributed by atoms with E-state index in [2.05, 4.69) is 52.2 Å². The van der Waals surface area contributed by atoms with Crippen LogP contribution in [0, 0.1) is 3.57 Å². The van der Waals surface area contributed by atoms with Crippen molar-refractivity contribution in [2.24, 2.45) is 0 Å². The summed E-state index contributed by atoms with van der Waals surface area (Å²) in [6, 6.07) is 8.63. The molecule has 1 rings (SSSR count). The summed E-state index contributed by atoms with van der Waals surface area (Å²) in [6.07, 6.45) is 5.67. The predicted octanol–water partition coefficient (Wildman–Crippen LogP) is 2.46. The maximum atomic E-state index is 11.3. The van der Waals surface area contributed by atoms with Crippen LogP contribution in [0.25, 0.3) is 0 Å². The number of nitrogens with zero attached hydrogens (tertiary/aromatic N) is 1. The molecule has 3 nitrogen and oxygen atoms in total. The number of benzene rings is 1. The lowest BCUT2D eigenvalue weighted by Gasteiger charge is -2.05. The van der Waals surface area contributed by atoms with E-state index in [1.165, 1.54) is 9.13 Å². The van der Waals surface area contributed by atoms with Crippen molar-refractivity contribution in [1.29, 1.82) is 0 Å². The summed E-state index contributed by atoms with van der Waals surface area (Å²) in [4.78, 5) is 12.8. The molecule has 0 spiro atoms. The van der Waals surface area contributed by atoms with Crippen LogP contribution in [-0.4, -0.2) is 38.0 Å². The second kappa shape index (κ2) is 9.09. The van der Waals surface area contributed by atoms with Crippen molar-refractivity contribution < 1.29 is 4.79 Å². The van der Waals surface area contributed by atoms with E-state index in [9.17, 15) is 4.79 Å².